The van der Waals surface area contributed by atoms with Crippen LogP contribution in [0.15, 0.2) is 72.8 Å². The molecule has 3 rings (SSSR count). The summed E-state index contributed by atoms with van der Waals surface area (Å²) < 4.78 is 5.09. The van der Waals surface area contributed by atoms with E-state index in [0.717, 1.165) is 16.8 Å². The van der Waals surface area contributed by atoms with Gasteiger partial charge >= 0.3 is 5.97 Å². The lowest BCUT2D eigenvalue weighted by atomic mass is 10.1. The van der Waals surface area contributed by atoms with Gasteiger partial charge in [0.2, 0.25) is 0 Å². The van der Waals surface area contributed by atoms with Gasteiger partial charge in [-0.25, -0.2) is 4.79 Å². The van der Waals surface area contributed by atoms with Gasteiger partial charge in [0.15, 0.2) is 6.10 Å². The van der Waals surface area contributed by atoms with E-state index < -0.39 is 22.9 Å². The lowest BCUT2D eigenvalue weighted by Gasteiger charge is -2.13. The Morgan fingerprint density at radius 2 is 1.72 bits per heavy atom. The third-order valence-electron chi connectivity index (χ3n) is 4.21. The second kappa shape index (κ2) is 8.79. The number of amides is 1. The first-order chi connectivity index (χ1) is 13.9. The smallest absolute Gasteiger partial charge is 0.331 e. The molecule has 0 bridgehead atoms. The summed E-state index contributed by atoms with van der Waals surface area (Å²) in [6.45, 7) is 1.45. The van der Waals surface area contributed by atoms with Crippen LogP contribution in [0.25, 0.3) is 16.8 Å². The Labute approximate surface area is 166 Å². The highest BCUT2D eigenvalue weighted by atomic mass is 16.6. The number of para-hydroxylation sites is 1. The lowest BCUT2D eigenvalue weighted by molar-refractivity contribution is -0.385. The van der Waals surface area contributed by atoms with Gasteiger partial charge in [-0.05, 0) is 42.0 Å². The Morgan fingerprint density at radius 3 is 2.48 bits per heavy atom. The number of nitrogens with zero attached hydrogens (tertiary/aromatic N) is 1. The second-order valence-electron chi connectivity index (χ2n) is 6.28. The maximum absolute atomic E-state index is 12.3. The molecule has 0 unspecified atom stereocenters. The summed E-state index contributed by atoms with van der Waals surface area (Å²) in [4.78, 5) is 34.7. The molecule has 7 heteroatoms. The average Bonchev–Trinajstić information content (AvgIpc) is 2.72. The largest absolute Gasteiger partial charge is 0.449 e. The molecule has 0 aliphatic heterocycles. The first kappa shape index (κ1) is 19.8. The predicted octanol–water partition coefficient (Wildman–Crippen LogP) is 4.33. The maximum atomic E-state index is 12.3. The van der Waals surface area contributed by atoms with E-state index in [2.05, 4.69) is 5.32 Å². The number of benzene rings is 3. The second-order valence-corrected chi connectivity index (χ2v) is 6.28. The quantitative estimate of drug-likeness (QED) is 0.292. The van der Waals surface area contributed by atoms with Crippen molar-refractivity contribution in [3.63, 3.8) is 0 Å². The summed E-state index contributed by atoms with van der Waals surface area (Å²) in [6, 6.07) is 19.2. The van der Waals surface area contributed by atoms with Gasteiger partial charge in [-0.3, -0.25) is 14.9 Å². The van der Waals surface area contributed by atoms with Crippen LogP contribution in [0, 0.1) is 10.1 Å². The van der Waals surface area contributed by atoms with Gasteiger partial charge in [-0.2, -0.15) is 0 Å². The highest BCUT2D eigenvalue weighted by molar-refractivity contribution is 5.98. The SMILES string of the molecule is C[C@H](OC(=O)/C=C/c1ccccc1[N+](=O)[O-])C(=O)Nc1ccc2ccccc2c1. The zero-order valence-corrected chi connectivity index (χ0v) is 15.6. The topological polar surface area (TPSA) is 98.5 Å². The molecule has 0 fully saturated rings. The summed E-state index contributed by atoms with van der Waals surface area (Å²) in [5.74, 6) is -1.25. The molecule has 1 amide bonds. The lowest BCUT2D eigenvalue weighted by Crippen LogP contribution is -2.29. The van der Waals surface area contributed by atoms with Gasteiger partial charge in [0.25, 0.3) is 11.6 Å². The number of ether oxygens (including phenoxy) is 1. The molecule has 0 aromatic heterocycles. The normalized spacial score (nSPS) is 11.9. The highest BCUT2D eigenvalue weighted by Crippen LogP contribution is 2.20. The van der Waals surface area contributed by atoms with E-state index >= 15 is 0 Å². The van der Waals surface area contributed by atoms with Crippen molar-refractivity contribution in [2.75, 3.05) is 5.32 Å². The Kier molecular flexibility index (Phi) is 5.99. The standard InChI is InChI=1S/C22H18N2O5/c1-15(22(26)23-19-12-10-16-6-2-3-8-18(16)14-19)29-21(25)13-11-17-7-4-5-9-20(17)24(27)28/h2-15H,1H3,(H,23,26)/b13-11+/t15-/m0/s1. The number of carbonyl (C=O) groups is 2. The van der Waals surface area contributed by atoms with E-state index in [1.807, 2.05) is 36.4 Å². The van der Waals surface area contributed by atoms with Crippen molar-refractivity contribution in [2.45, 2.75) is 13.0 Å². The van der Waals surface area contributed by atoms with E-state index in [0.29, 0.717) is 5.69 Å². The summed E-state index contributed by atoms with van der Waals surface area (Å²) in [5, 5.41) is 15.7. The molecule has 0 aliphatic carbocycles. The van der Waals surface area contributed by atoms with Crippen LogP contribution in [0.2, 0.25) is 0 Å². The molecule has 1 atom stereocenters. The molecule has 0 aliphatic rings. The number of nitrogens with one attached hydrogen (secondary N) is 1. The van der Waals surface area contributed by atoms with Crippen molar-refractivity contribution in [3.8, 4) is 0 Å². The molecule has 0 saturated carbocycles. The Hall–Kier alpha value is -4.00. The third-order valence-corrected chi connectivity index (χ3v) is 4.21. The number of hydrogen-bond donors (Lipinski definition) is 1. The van der Waals surface area contributed by atoms with Crippen LogP contribution in [-0.2, 0) is 14.3 Å². The van der Waals surface area contributed by atoms with Crippen molar-refractivity contribution in [2.24, 2.45) is 0 Å². The predicted molar refractivity (Wildman–Crippen MR) is 110 cm³/mol. The van der Waals surface area contributed by atoms with Crippen LogP contribution in [0.5, 0.6) is 0 Å². The molecule has 0 radical (unpaired) electrons. The highest BCUT2D eigenvalue weighted by Gasteiger charge is 2.17. The first-order valence-corrected chi connectivity index (χ1v) is 8.86. The molecule has 0 heterocycles. The minimum atomic E-state index is -1.04. The fraction of sp³-hybridized carbons (Fsp3) is 0.0909. The monoisotopic (exact) mass is 390 g/mol. The molecular formula is C22H18N2O5. The molecule has 29 heavy (non-hydrogen) atoms. The van der Waals surface area contributed by atoms with Gasteiger partial charge in [-0.1, -0.05) is 42.5 Å². The molecule has 3 aromatic carbocycles. The zero-order valence-electron chi connectivity index (χ0n) is 15.6. The Bertz CT molecular complexity index is 1110. The minimum absolute atomic E-state index is 0.126. The van der Waals surface area contributed by atoms with Crippen LogP contribution >= 0.6 is 0 Å². The number of hydrogen-bond acceptors (Lipinski definition) is 5. The van der Waals surface area contributed by atoms with Crippen molar-refractivity contribution in [3.05, 3.63) is 88.5 Å². The number of fused-ring (bicyclic) bond motifs is 1. The molecule has 146 valence electrons. The first-order valence-electron chi connectivity index (χ1n) is 8.86. The number of esters is 1. The fourth-order valence-corrected chi connectivity index (χ4v) is 2.73. The number of anilines is 1. The van der Waals surface area contributed by atoms with Crippen molar-refractivity contribution >= 4 is 40.1 Å². The van der Waals surface area contributed by atoms with Crippen LogP contribution in [0.3, 0.4) is 0 Å². The zero-order chi connectivity index (χ0) is 20.8. The molecule has 3 aromatic rings. The Balaban J connectivity index is 1.61. The van der Waals surface area contributed by atoms with Crippen LogP contribution in [-0.4, -0.2) is 22.9 Å². The van der Waals surface area contributed by atoms with E-state index in [1.54, 1.807) is 12.1 Å². The van der Waals surface area contributed by atoms with Crippen molar-refractivity contribution < 1.29 is 19.2 Å². The van der Waals surface area contributed by atoms with Gasteiger partial charge in [0.1, 0.15) is 0 Å². The van der Waals surface area contributed by atoms with Crippen LogP contribution in [0.4, 0.5) is 11.4 Å². The molecule has 0 saturated heterocycles. The van der Waals surface area contributed by atoms with E-state index in [1.165, 1.54) is 31.2 Å². The van der Waals surface area contributed by atoms with Crippen molar-refractivity contribution in [1.82, 2.24) is 0 Å². The summed E-state index contributed by atoms with van der Waals surface area (Å²) in [6.07, 6.45) is 1.31. The van der Waals surface area contributed by atoms with Gasteiger partial charge in [0.05, 0.1) is 10.5 Å². The molecule has 1 N–H and O–H groups in total. The van der Waals surface area contributed by atoms with E-state index in [4.69, 9.17) is 4.74 Å². The molecule has 0 spiro atoms. The van der Waals surface area contributed by atoms with Crippen LogP contribution < -0.4 is 5.32 Å². The van der Waals surface area contributed by atoms with Crippen molar-refractivity contribution in [1.29, 1.82) is 0 Å². The maximum Gasteiger partial charge on any atom is 0.331 e. The third kappa shape index (κ3) is 5.04. The summed E-state index contributed by atoms with van der Waals surface area (Å²) in [5.41, 5.74) is 0.730. The minimum Gasteiger partial charge on any atom is -0.449 e. The van der Waals surface area contributed by atoms with Gasteiger partial charge in [-0.15, -0.1) is 0 Å². The average molecular weight is 390 g/mol. The fourth-order valence-electron chi connectivity index (χ4n) is 2.73. The van der Waals surface area contributed by atoms with E-state index in [9.17, 15) is 19.7 Å². The number of rotatable bonds is 6. The van der Waals surface area contributed by atoms with E-state index in [-0.39, 0.29) is 11.3 Å². The van der Waals surface area contributed by atoms with Gasteiger partial charge in [0, 0.05) is 17.8 Å². The molecule has 7 nitrogen and oxygen atoms in total. The van der Waals surface area contributed by atoms with Gasteiger partial charge < -0.3 is 10.1 Å². The van der Waals surface area contributed by atoms with Crippen LogP contribution in [0.1, 0.15) is 12.5 Å². The molecular weight excluding hydrogens is 372 g/mol. The summed E-state index contributed by atoms with van der Waals surface area (Å²) >= 11 is 0. The summed E-state index contributed by atoms with van der Waals surface area (Å²) in [7, 11) is 0. The number of nitro benzene ring substituents is 1. The Morgan fingerprint density at radius 1 is 1.03 bits per heavy atom. The number of nitro groups is 1. The number of carbonyl (C=O) groups excluding carboxylic acids is 2.